The van der Waals surface area contributed by atoms with Gasteiger partial charge in [0.2, 0.25) is 0 Å². The van der Waals surface area contributed by atoms with Crippen LogP contribution >= 0.6 is 34.3 Å². The first-order valence-electron chi connectivity index (χ1n) is 8.45. The number of nitrogens with zero attached hydrogens (tertiary/aromatic N) is 3. The molecular formula is C19H16ClN3O2S2. The fourth-order valence-corrected chi connectivity index (χ4v) is 4.54. The molecule has 8 heteroatoms. The van der Waals surface area contributed by atoms with Gasteiger partial charge in [0.1, 0.15) is 10.7 Å². The molecule has 2 aromatic heterocycles. The molecule has 3 heterocycles. The Balaban J connectivity index is 1.40. The molecule has 0 unspecified atom stereocenters. The molecule has 5 nitrogen and oxygen atoms in total. The first kappa shape index (κ1) is 18.2. The highest BCUT2D eigenvalue weighted by Crippen LogP contribution is 2.26. The third-order valence-corrected chi connectivity index (χ3v) is 6.40. The highest BCUT2D eigenvalue weighted by molar-refractivity contribution is 7.13. The average Bonchev–Trinajstić information content (AvgIpc) is 3.40. The van der Waals surface area contributed by atoms with E-state index in [0.29, 0.717) is 36.9 Å². The maximum Gasteiger partial charge on any atom is 0.273 e. The molecule has 3 aromatic rings. The number of aromatic nitrogens is 1. The van der Waals surface area contributed by atoms with Crippen molar-refractivity contribution < 1.29 is 9.59 Å². The summed E-state index contributed by atoms with van der Waals surface area (Å²) in [6, 6.07) is 11.1. The van der Waals surface area contributed by atoms with Gasteiger partial charge in [0.25, 0.3) is 11.8 Å². The van der Waals surface area contributed by atoms with E-state index in [1.807, 2.05) is 41.8 Å². The van der Waals surface area contributed by atoms with Gasteiger partial charge in [0.15, 0.2) is 0 Å². The number of benzene rings is 1. The number of hydrogen-bond acceptors (Lipinski definition) is 5. The Labute approximate surface area is 169 Å². The number of halogens is 1. The number of carbonyl (C=O) groups is 2. The summed E-state index contributed by atoms with van der Waals surface area (Å²) in [5, 5.41) is 5.14. The molecule has 0 aliphatic carbocycles. The van der Waals surface area contributed by atoms with Crippen molar-refractivity contribution >= 4 is 46.1 Å². The first-order valence-corrected chi connectivity index (χ1v) is 10.6. The second-order valence-corrected chi connectivity index (χ2v) is 8.35. The standard InChI is InChI=1S/C19H16ClN3O2S2/c20-14-5-3-13(4-6-14)17-21-15(12-27-17)18(24)22-7-9-23(10-8-22)19(25)16-2-1-11-26-16/h1-6,11-12H,7-10H2. The lowest BCUT2D eigenvalue weighted by Gasteiger charge is -2.34. The van der Waals surface area contributed by atoms with Crippen molar-refractivity contribution in [1.29, 1.82) is 0 Å². The minimum atomic E-state index is -0.0883. The molecule has 4 rings (SSSR count). The number of thiophene rings is 1. The van der Waals surface area contributed by atoms with E-state index in [1.165, 1.54) is 22.7 Å². The molecule has 0 bridgehead atoms. The summed E-state index contributed by atoms with van der Waals surface area (Å²) in [5.41, 5.74) is 1.39. The predicted molar refractivity (Wildman–Crippen MR) is 109 cm³/mol. The molecule has 1 fully saturated rings. The van der Waals surface area contributed by atoms with E-state index in [2.05, 4.69) is 4.98 Å². The van der Waals surface area contributed by atoms with Crippen molar-refractivity contribution in [2.24, 2.45) is 0 Å². The SMILES string of the molecule is O=C(c1csc(-c2ccc(Cl)cc2)n1)N1CCN(C(=O)c2cccs2)CC1. The van der Waals surface area contributed by atoms with Crippen molar-refractivity contribution in [1.82, 2.24) is 14.8 Å². The molecule has 0 saturated carbocycles. The van der Waals surface area contributed by atoms with E-state index in [4.69, 9.17) is 11.6 Å². The summed E-state index contributed by atoms with van der Waals surface area (Å²) in [6.07, 6.45) is 0. The number of hydrogen-bond donors (Lipinski definition) is 0. The number of carbonyl (C=O) groups excluding carboxylic acids is 2. The Morgan fingerprint density at radius 2 is 1.59 bits per heavy atom. The Bertz CT molecular complexity index is 946. The second-order valence-electron chi connectivity index (χ2n) is 6.11. The highest BCUT2D eigenvalue weighted by atomic mass is 35.5. The van der Waals surface area contributed by atoms with Crippen LogP contribution in [0.3, 0.4) is 0 Å². The summed E-state index contributed by atoms with van der Waals surface area (Å²) >= 11 is 8.80. The van der Waals surface area contributed by atoms with Gasteiger partial charge >= 0.3 is 0 Å². The molecular weight excluding hydrogens is 402 g/mol. The monoisotopic (exact) mass is 417 g/mol. The van der Waals surface area contributed by atoms with Crippen molar-refractivity contribution in [3.8, 4) is 10.6 Å². The highest BCUT2D eigenvalue weighted by Gasteiger charge is 2.27. The predicted octanol–water partition coefficient (Wildman–Crippen LogP) is 4.12. The third-order valence-electron chi connectivity index (χ3n) is 4.40. The summed E-state index contributed by atoms with van der Waals surface area (Å²) in [6.45, 7) is 2.11. The zero-order valence-electron chi connectivity index (χ0n) is 14.3. The zero-order valence-corrected chi connectivity index (χ0v) is 16.7. The summed E-state index contributed by atoms with van der Waals surface area (Å²) < 4.78 is 0. The Morgan fingerprint density at radius 3 is 2.22 bits per heavy atom. The lowest BCUT2D eigenvalue weighted by molar-refractivity contribution is 0.0535. The molecule has 0 radical (unpaired) electrons. The first-order chi connectivity index (χ1) is 13.1. The molecule has 0 N–H and O–H groups in total. The van der Waals surface area contributed by atoms with Crippen LogP contribution in [-0.4, -0.2) is 52.8 Å². The maximum atomic E-state index is 12.8. The average molecular weight is 418 g/mol. The summed E-state index contributed by atoms with van der Waals surface area (Å²) in [5.74, 6) is -0.0505. The van der Waals surface area contributed by atoms with Crippen LogP contribution < -0.4 is 0 Å². The van der Waals surface area contributed by atoms with Crippen LogP contribution in [0.25, 0.3) is 10.6 Å². The van der Waals surface area contributed by atoms with E-state index >= 15 is 0 Å². The van der Waals surface area contributed by atoms with Gasteiger partial charge in [-0.2, -0.15) is 0 Å². The van der Waals surface area contributed by atoms with Crippen molar-refractivity contribution in [2.75, 3.05) is 26.2 Å². The molecule has 1 aliphatic heterocycles. The number of rotatable bonds is 3. The fraction of sp³-hybridized carbons (Fsp3) is 0.211. The second kappa shape index (κ2) is 7.80. The van der Waals surface area contributed by atoms with Gasteiger partial charge in [-0.1, -0.05) is 29.8 Å². The minimum absolute atomic E-state index is 0.0378. The fourth-order valence-electron chi connectivity index (χ4n) is 2.93. The van der Waals surface area contributed by atoms with Crippen LogP contribution in [0.1, 0.15) is 20.2 Å². The molecule has 0 atom stereocenters. The lowest BCUT2D eigenvalue weighted by Crippen LogP contribution is -2.50. The largest absolute Gasteiger partial charge is 0.334 e. The Hall–Kier alpha value is -2.22. The van der Waals surface area contributed by atoms with Crippen LogP contribution in [0.5, 0.6) is 0 Å². The minimum Gasteiger partial charge on any atom is -0.334 e. The van der Waals surface area contributed by atoms with E-state index in [9.17, 15) is 9.59 Å². The molecule has 1 aliphatic rings. The van der Waals surface area contributed by atoms with Crippen molar-refractivity contribution in [3.63, 3.8) is 0 Å². The topological polar surface area (TPSA) is 53.5 Å². The van der Waals surface area contributed by atoms with E-state index < -0.39 is 0 Å². The lowest BCUT2D eigenvalue weighted by atomic mass is 10.2. The molecule has 1 aromatic carbocycles. The van der Waals surface area contributed by atoms with Crippen molar-refractivity contribution in [3.05, 3.63) is 62.8 Å². The normalized spacial score (nSPS) is 14.4. The smallest absolute Gasteiger partial charge is 0.273 e. The van der Waals surface area contributed by atoms with Gasteiger partial charge in [0, 0.05) is 42.1 Å². The van der Waals surface area contributed by atoms with Crippen molar-refractivity contribution in [2.45, 2.75) is 0 Å². The van der Waals surface area contributed by atoms with Crippen LogP contribution in [-0.2, 0) is 0 Å². The van der Waals surface area contributed by atoms with Gasteiger partial charge in [-0.25, -0.2) is 4.98 Å². The quantitative estimate of drug-likeness (QED) is 0.644. The van der Waals surface area contributed by atoms with Crippen LogP contribution in [0.2, 0.25) is 5.02 Å². The Morgan fingerprint density at radius 1 is 0.926 bits per heavy atom. The molecule has 0 spiro atoms. The van der Waals surface area contributed by atoms with Crippen LogP contribution in [0.4, 0.5) is 0 Å². The van der Waals surface area contributed by atoms with Gasteiger partial charge in [-0.05, 0) is 23.6 Å². The molecule has 1 saturated heterocycles. The third kappa shape index (κ3) is 3.90. The van der Waals surface area contributed by atoms with Gasteiger partial charge in [-0.3, -0.25) is 9.59 Å². The number of amides is 2. The maximum absolute atomic E-state index is 12.8. The number of thiazole rings is 1. The van der Waals surface area contributed by atoms with E-state index in [-0.39, 0.29) is 11.8 Å². The van der Waals surface area contributed by atoms with Crippen LogP contribution in [0, 0.1) is 0 Å². The molecule has 27 heavy (non-hydrogen) atoms. The molecule has 138 valence electrons. The summed E-state index contributed by atoms with van der Waals surface area (Å²) in [4.78, 5) is 33.9. The van der Waals surface area contributed by atoms with Gasteiger partial charge in [0.05, 0.1) is 4.88 Å². The van der Waals surface area contributed by atoms with Crippen LogP contribution in [0.15, 0.2) is 47.2 Å². The van der Waals surface area contributed by atoms with E-state index in [0.717, 1.165) is 15.4 Å². The molecule has 2 amide bonds. The number of piperazine rings is 1. The zero-order chi connectivity index (χ0) is 18.8. The van der Waals surface area contributed by atoms with E-state index in [1.54, 1.807) is 15.2 Å². The summed E-state index contributed by atoms with van der Waals surface area (Å²) in [7, 11) is 0. The Kier molecular flexibility index (Phi) is 5.24. The van der Waals surface area contributed by atoms with Gasteiger partial charge in [-0.15, -0.1) is 22.7 Å². The van der Waals surface area contributed by atoms with Gasteiger partial charge < -0.3 is 9.80 Å².